The molecular formula is C23H20NP. The summed E-state index contributed by atoms with van der Waals surface area (Å²) in [5.74, 6) is 0. The fourth-order valence-corrected chi connectivity index (χ4v) is 5.46. The third-order valence-corrected chi connectivity index (χ3v) is 6.71. The van der Waals surface area contributed by atoms with Gasteiger partial charge in [0.25, 0.3) is 0 Å². The second kappa shape index (κ2) is 7.17. The normalized spacial score (nSPS) is 11.1. The Balaban J connectivity index is 1.95. The Kier molecular flexibility index (Phi) is 4.59. The van der Waals surface area contributed by atoms with E-state index in [4.69, 9.17) is 4.98 Å². The minimum Gasteiger partial charge on any atom is -0.252 e. The predicted octanol–water partition coefficient (Wildman–Crippen LogP) is 4.56. The van der Waals surface area contributed by atoms with Gasteiger partial charge < -0.3 is 0 Å². The lowest BCUT2D eigenvalue weighted by Crippen LogP contribution is -2.23. The van der Waals surface area contributed by atoms with Crippen LogP contribution in [0.4, 0.5) is 0 Å². The fourth-order valence-electron chi connectivity index (χ4n) is 3.21. The van der Waals surface area contributed by atoms with Crippen LogP contribution in [0.15, 0.2) is 91.0 Å². The van der Waals surface area contributed by atoms with Gasteiger partial charge in [0.2, 0.25) is 0 Å². The summed E-state index contributed by atoms with van der Waals surface area (Å²) < 4.78 is 0. The van der Waals surface area contributed by atoms with Crippen molar-refractivity contribution in [1.29, 1.82) is 0 Å². The molecule has 1 aromatic heterocycles. The van der Waals surface area contributed by atoms with E-state index in [0.29, 0.717) is 0 Å². The second-order valence-corrected chi connectivity index (χ2v) is 8.17. The molecule has 0 radical (unpaired) electrons. The van der Waals surface area contributed by atoms with Gasteiger partial charge in [-0.05, 0) is 28.5 Å². The van der Waals surface area contributed by atoms with Crippen molar-refractivity contribution in [3.05, 3.63) is 96.7 Å². The van der Waals surface area contributed by atoms with E-state index >= 15 is 0 Å². The van der Waals surface area contributed by atoms with Crippen molar-refractivity contribution in [3.8, 4) is 0 Å². The molecule has 0 atom stereocenters. The SMILES string of the molecule is CCc1nc(P(c2ccccc2)c2ccccc2)cc2ccccc12. The average Bonchev–Trinajstić information content (AvgIpc) is 2.69. The van der Waals surface area contributed by atoms with Crippen LogP contribution in [-0.2, 0) is 6.42 Å². The molecule has 0 saturated heterocycles. The van der Waals surface area contributed by atoms with Crippen LogP contribution >= 0.6 is 7.92 Å². The van der Waals surface area contributed by atoms with Crippen molar-refractivity contribution >= 4 is 34.7 Å². The van der Waals surface area contributed by atoms with Crippen LogP contribution in [0.1, 0.15) is 12.6 Å². The van der Waals surface area contributed by atoms with E-state index in [1.54, 1.807) is 0 Å². The van der Waals surface area contributed by atoms with E-state index in [2.05, 4.69) is 97.9 Å². The minimum atomic E-state index is -0.652. The zero-order valence-corrected chi connectivity index (χ0v) is 15.2. The van der Waals surface area contributed by atoms with E-state index in [0.717, 1.165) is 6.42 Å². The monoisotopic (exact) mass is 341 g/mol. The molecule has 0 aliphatic carbocycles. The van der Waals surface area contributed by atoms with Gasteiger partial charge >= 0.3 is 0 Å². The van der Waals surface area contributed by atoms with Crippen LogP contribution in [0.3, 0.4) is 0 Å². The molecule has 3 aromatic carbocycles. The molecule has 122 valence electrons. The van der Waals surface area contributed by atoms with Gasteiger partial charge in [0.1, 0.15) is 0 Å². The standard InChI is InChI=1S/C23H20NP/c1-2-22-21-16-10-9-11-18(21)17-23(24-22)25(19-12-5-3-6-13-19)20-14-7-4-8-15-20/h3-17H,2H2,1H3. The molecule has 0 fully saturated rings. The van der Waals surface area contributed by atoms with Crippen LogP contribution in [0.5, 0.6) is 0 Å². The summed E-state index contributed by atoms with van der Waals surface area (Å²) in [6.45, 7) is 2.19. The van der Waals surface area contributed by atoms with E-state index in [1.165, 1.54) is 32.5 Å². The first-order valence-electron chi connectivity index (χ1n) is 8.65. The zero-order valence-electron chi connectivity index (χ0n) is 14.3. The van der Waals surface area contributed by atoms with E-state index < -0.39 is 7.92 Å². The lowest BCUT2D eigenvalue weighted by atomic mass is 10.1. The van der Waals surface area contributed by atoms with Crippen LogP contribution < -0.4 is 16.0 Å². The zero-order chi connectivity index (χ0) is 17.1. The maximum Gasteiger partial charge on any atom is 0.0730 e. The molecule has 1 heterocycles. The summed E-state index contributed by atoms with van der Waals surface area (Å²) in [6.07, 6.45) is 0.946. The molecule has 0 bridgehead atoms. The highest BCUT2D eigenvalue weighted by Gasteiger charge is 2.19. The molecular weight excluding hydrogens is 321 g/mol. The van der Waals surface area contributed by atoms with Crippen molar-refractivity contribution in [2.45, 2.75) is 13.3 Å². The topological polar surface area (TPSA) is 12.9 Å². The number of rotatable bonds is 4. The maximum atomic E-state index is 5.10. The van der Waals surface area contributed by atoms with Gasteiger partial charge in [-0.1, -0.05) is 91.9 Å². The quantitative estimate of drug-likeness (QED) is 0.496. The highest BCUT2D eigenvalue weighted by atomic mass is 31.1. The third-order valence-electron chi connectivity index (χ3n) is 4.40. The van der Waals surface area contributed by atoms with Crippen LogP contribution in [0.2, 0.25) is 0 Å². The Morgan fingerprint density at radius 2 is 1.28 bits per heavy atom. The van der Waals surface area contributed by atoms with Crippen molar-refractivity contribution < 1.29 is 0 Å². The number of nitrogens with zero attached hydrogens (tertiary/aromatic N) is 1. The smallest absolute Gasteiger partial charge is 0.0730 e. The van der Waals surface area contributed by atoms with Gasteiger partial charge in [-0.25, -0.2) is 0 Å². The molecule has 1 nitrogen and oxygen atoms in total. The van der Waals surface area contributed by atoms with Gasteiger partial charge in [-0.15, -0.1) is 0 Å². The van der Waals surface area contributed by atoms with Gasteiger partial charge in [0.15, 0.2) is 0 Å². The number of hydrogen-bond donors (Lipinski definition) is 0. The number of aromatic nitrogens is 1. The molecule has 0 unspecified atom stereocenters. The molecule has 4 aromatic rings. The lowest BCUT2D eigenvalue weighted by molar-refractivity contribution is 1.07. The van der Waals surface area contributed by atoms with Gasteiger partial charge in [-0.3, -0.25) is 4.98 Å². The van der Waals surface area contributed by atoms with Crippen molar-refractivity contribution in [2.24, 2.45) is 0 Å². The molecule has 0 amide bonds. The molecule has 0 aliphatic rings. The largest absolute Gasteiger partial charge is 0.252 e. The number of benzene rings is 3. The van der Waals surface area contributed by atoms with Crippen molar-refractivity contribution in [3.63, 3.8) is 0 Å². The van der Waals surface area contributed by atoms with Gasteiger partial charge in [0.05, 0.1) is 5.44 Å². The number of hydrogen-bond acceptors (Lipinski definition) is 1. The highest BCUT2D eigenvalue weighted by Crippen LogP contribution is 2.33. The Hall–Kier alpha value is -2.50. The first kappa shape index (κ1) is 16.0. The first-order valence-corrected chi connectivity index (χ1v) is 10.00. The summed E-state index contributed by atoms with van der Waals surface area (Å²) in [4.78, 5) is 5.10. The van der Waals surface area contributed by atoms with Gasteiger partial charge in [0, 0.05) is 19.0 Å². The Labute approximate surface area is 150 Å². The fraction of sp³-hybridized carbons (Fsp3) is 0.0870. The van der Waals surface area contributed by atoms with E-state index in [9.17, 15) is 0 Å². The van der Waals surface area contributed by atoms with E-state index in [-0.39, 0.29) is 0 Å². The summed E-state index contributed by atoms with van der Waals surface area (Å²) in [5.41, 5.74) is 2.37. The summed E-state index contributed by atoms with van der Waals surface area (Å²) >= 11 is 0. The second-order valence-electron chi connectivity index (χ2n) is 6.01. The average molecular weight is 341 g/mol. The molecule has 0 N–H and O–H groups in total. The Morgan fingerprint density at radius 3 is 1.88 bits per heavy atom. The maximum absolute atomic E-state index is 5.10. The van der Waals surface area contributed by atoms with E-state index in [1.807, 2.05) is 0 Å². The number of pyridine rings is 1. The Bertz CT molecular complexity index is 941. The molecule has 25 heavy (non-hydrogen) atoms. The molecule has 4 rings (SSSR count). The van der Waals surface area contributed by atoms with Crippen LogP contribution in [0, 0.1) is 0 Å². The molecule has 0 saturated carbocycles. The molecule has 0 spiro atoms. The Morgan fingerprint density at radius 1 is 0.720 bits per heavy atom. The van der Waals surface area contributed by atoms with Crippen molar-refractivity contribution in [2.75, 3.05) is 0 Å². The van der Waals surface area contributed by atoms with Gasteiger partial charge in [-0.2, -0.15) is 0 Å². The molecule has 2 heteroatoms. The molecule has 0 aliphatic heterocycles. The summed E-state index contributed by atoms with van der Waals surface area (Å²) in [5, 5.41) is 5.23. The summed E-state index contributed by atoms with van der Waals surface area (Å²) in [6, 6.07) is 32.4. The predicted molar refractivity (Wildman–Crippen MR) is 110 cm³/mol. The minimum absolute atomic E-state index is 0.652. The van der Waals surface area contributed by atoms with Crippen molar-refractivity contribution in [1.82, 2.24) is 4.98 Å². The highest BCUT2D eigenvalue weighted by molar-refractivity contribution is 7.79. The number of fused-ring (bicyclic) bond motifs is 1. The number of aryl methyl sites for hydroxylation is 1. The first-order chi connectivity index (χ1) is 12.4. The lowest BCUT2D eigenvalue weighted by Gasteiger charge is -2.20. The third kappa shape index (κ3) is 3.21. The summed E-state index contributed by atoms with van der Waals surface area (Å²) in [7, 11) is -0.652. The van der Waals surface area contributed by atoms with Crippen LogP contribution in [0.25, 0.3) is 10.8 Å². The van der Waals surface area contributed by atoms with Crippen LogP contribution in [-0.4, -0.2) is 4.98 Å².